The van der Waals surface area contributed by atoms with Crippen LogP contribution in [0.5, 0.6) is 5.75 Å². The molecule has 1 aromatic carbocycles. The third kappa shape index (κ3) is 9.95. The topological polar surface area (TPSA) is 257 Å². The molecule has 1 rings (SSSR count). The molecule has 14 heteroatoms. The Balaban J connectivity index is 3.04. The van der Waals surface area contributed by atoms with Gasteiger partial charge in [0.1, 0.15) is 23.9 Å². The van der Waals surface area contributed by atoms with Gasteiger partial charge in [-0.2, -0.15) is 0 Å². The van der Waals surface area contributed by atoms with Crippen molar-refractivity contribution in [3.8, 4) is 5.75 Å². The molecule has 34 heavy (non-hydrogen) atoms. The van der Waals surface area contributed by atoms with E-state index in [-0.39, 0.29) is 25.0 Å². The number of phenolic OH excluding ortho intramolecular Hbond substituents is 1. The monoisotopic (exact) mass is 480 g/mol. The molecule has 1 aromatic rings. The second-order valence-corrected chi connectivity index (χ2v) is 7.33. The van der Waals surface area contributed by atoms with Gasteiger partial charge < -0.3 is 43.4 Å². The normalized spacial score (nSPS) is 13.1. The second kappa shape index (κ2) is 13.4. The molecule has 3 atom stereocenters. The summed E-state index contributed by atoms with van der Waals surface area (Å²) in [5.41, 5.74) is 16.0. The van der Waals surface area contributed by atoms with Crippen LogP contribution >= 0.6 is 0 Å². The van der Waals surface area contributed by atoms with Gasteiger partial charge in [0.25, 0.3) is 0 Å². The predicted molar refractivity (Wildman–Crippen MR) is 117 cm³/mol. The predicted octanol–water partition coefficient (Wildman–Crippen LogP) is -3.43. The van der Waals surface area contributed by atoms with Crippen molar-refractivity contribution in [1.82, 2.24) is 16.0 Å². The molecule has 0 radical (unpaired) electrons. The Kier molecular flexibility index (Phi) is 10.9. The van der Waals surface area contributed by atoms with Gasteiger partial charge in [-0.3, -0.25) is 24.0 Å². The molecule has 5 amide bonds. The van der Waals surface area contributed by atoms with Crippen LogP contribution in [0.25, 0.3) is 0 Å². The molecule has 0 aliphatic rings. The molecule has 0 fully saturated rings. The van der Waals surface area contributed by atoms with E-state index >= 15 is 0 Å². The smallest absolute Gasteiger partial charge is 0.326 e. The first-order valence-corrected chi connectivity index (χ1v) is 10.1. The number of carboxylic acid groups (broad SMARTS) is 1. The Morgan fingerprint density at radius 3 is 1.88 bits per heavy atom. The maximum Gasteiger partial charge on any atom is 0.326 e. The van der Waals surface area contributed by atoms with E-state index in [4.69, 9.17) is 17.2 Å². The highest BCUT2D eigenvalue weighted by molar-refractivity contribution is 5.96. The van der Waals surface area contributed by atoms with Gasteiger partial charge in [-0.05, 0) is 24.1 Å². The number of nitrogens with one attached hydrogen (secondary N) is 3. The molecule has 3 unspecified atom stereocenters. The van der Waals surface area contributed by atoms with Crippen LogP contribution < -0.4 is 33.2 Å². The van der Waals surface area contributed by atoms with Gasteiger partial charge in [-0.15, -0.1) is 0 Å². The van der Waals surface area contributed by atoms with E-state index in [0.717, 1.165) is 0 Å². The molecule has 0 saturated heterocycles. The van der Waals surface area contributed by atoms with E-state index in [2.05, 4.69) is 16.0 Å². The van der Waals surface area contributed by atoms with Crippen LogP contribution in [-0.4, -0.2) is 70.4 Å². The Hall–Kier alpha value is -4.20. The molecule has 0 saturated carbocycles. The van der Waals surface area contributed by atoms with Gasteiger partial charge in [-0.25, -0.2) is 4.79 Å². The molecule has 11 N–H and O–H groups in total. The fourth-order valence-corrected chi connectivity index (χ4v) is 2.83. The summed E-state index contributed by atoms with van der Waals surface area (Å²) in [7, 11) is 0. The molecular formula is C20H28N6O8. The number of nitrogens with two attached hydrogens (primary N) is 3. The number of phenols is 1. The van der Waals surface area contributed by atoms with Crippen molar-refractivity contribution in [2.75, 3.05) is 6.54 Å². The maximum atomic E-state index is 12.9. The van der Waals surface area contributed by atoms with Crippen LogP contribution in [-0.2, 0) is 35.2 Å². The minimum atomic E-state index is -1.57. The number of amides is 5. The number of hydrogen-bond donors (Lipinski definition) is 8. The number of benzene rings is 1. The first-order chi connectivity index (χ1) is 15.9. The Labute approximate surface area is 194 Å². The minimum Gasteiger partial charge on any atom is -0.508 e. The van der Waals surface area contributed by atoms with E-state index in [1.165, 1.54) is 24.3 Å². The molecule has 0 aliphatic carbocycles. The number of hydrogen-bond acceptors (Lipinski definition) is 8. The van der Waals surface area contributed by atoms with Crippen molar-refractivity contribution in [2.45, 2.75) is 43.8 Å². The van der Waals surface area contributed by atoms with Crippen LogP contribution in [0.3, 0.4) is 0 Å². The highest BCUT2D eigenvalue weighted by Crippen LogP contribution is 2.12. The first-order valence-electron chi connectivity index (χ1n) is 10.1. The highest BCUT2D eigenvalue weighted by atomic mass is 16.4. The fraction of sp³-hybridized carbons (Fsp3) is 0.400. The lowest BCUT2D eigenvalue weighted by atomic mass is 10.0. The zero-order chi connectivity index (χ0) is 25.8. The van der Waals surface area contributed by atoms with Gasteiger partial charge in [0.05, 0.1) is 13.0 Å². The van der Waals surface area contributed by atoms with E-state index in [9.17, 15) is 39.0 Å². The van der Waals surface area contributed by atoms with Gasteiger partial charge in [0, 0.05) is 12.8 Å². The average Bonchev–Trinajstić information content (AvgIpc) is 2.76. The summed E-state index contributed by atoms with van der Waals surface area (Å²) in [6, 6.07) is 1.44. The van der Waals surface area contributed by atoms with Crippen molar-refractivity contribution in [2.24, 2.45) is 17.2 Å². The number of carboxylic acids is 1. The number of aromatic hydroxyl groups is 1. The first kappa shape index (κ1) is 27.8. The maximum absolute atomic E-state index is 12.9. The third-order valence-corrected chi connectivity index (χ3v) is 4.55. The van der Waals surface area contributed by atoms with E-state index < -0.39 is 66.6 Å². The molecular weight excluding hydrogens is 452 g/mol. The van der Waals surface area contributed by atoms with Gasteiger partial charge in [-0.1, -0.05) is 12.1 Å². The number of carbonyl (C=O) groups is 6. The molecule has 0 spiro atoms. The summed E-state index contributed by atoms with van der Waals surface area (Å²) >= 11 is 0. The summed E-state index contributed by atoms with van der Waals surface area (Å²) in [4.78, 5) is 71.1. The highest BCUT2D eigenvalue weighted by Gasteiger charge is 2.30. The SMILES string of the molecule is NCC(=O)NC(Cc1ccc(O)cc1)C(=O)NC(CC(N)=O)C(=O)NC(CCC(N)=O)C(=O)O. The Bertz CT molecular complexity index is 920. The number of carbonyl (C=O) groups excluding carboxylic acids is 5. The largest absolute Gasteiger partial charge is 0.508 e. The van der Waals surface area contributed by atoms with Crippen molar-refractivity contribution in [1.29, 1.82) is 0 Å². The van der Waals surface area contributed by atoms with Crippen LogP contribution in [0.4, 0.5) is 0 Å². The van der Waals surface area contributed by atoms with Crippen LogP contribution in [0, 0.1) is 0 Å². The summed E-state index contributed by atoms with van der Waals surface area (Å²) in [5.74, 6) is -5.82. The lowest BCUT2D eigenvalue weighted by Gasteiger charge is -2.24. The quantitative estimate of drug-likeness (QED) is 0.132. The molecule has 0 heterocycles. The van der Waals surface area contributed by atoms with Crippen LogP contribution in [0.15, 0.2) is 24.3 Å². The summed E-state index contributed by atoms with van der Waals surface area (Å²) in [6.07, 6.45) is -1.37. The minimum absolute atomic E-state index is 0.0155. The molecule has 0 aromatic heterocycles. The van der Waals surface area contributed by atoms with Crippen molar-refractivity contribution < 1.29 is 39.0 Å². The molecule has 14 nitrogen and oxygen atoms in total. The number of primary amides is 2. The van der Waals surface area contributed by atoms with Gasteiger partial charge in [0.15, 0.2) is 0 Å². The Morgan fingerprint density at radius 2 is 1.38 bits per heavy atom. The van der Waals surface area contributed by atoms with E-state index in [0.29, 0.717) is 5.56 Å². The zero-order valence-corrected chi connectivity index (χ0v) is 18.2. The van der Waals surface area contributed by atoms with Crippen LogP contribution in [0.1, 0.15) is 24.8 Å². The number of rotatable bonds is 14. The van der Waals surface area contributed by atoms with E-state index in [1.54, 1.807) is 0 Å². The third-order valence-electron chi connectivity index (χ3n) is 4.55. The van der Waals surface area contributed by atoms with Crippen molar-refractivity contribution in [3.63, 3.8) is 0 Å². The van der Waals surface area contributed by atoms with Gasteiger partial charge >= 0.3 is 5.97 Å². The van der Waals surface area contributed by atoms with Crippen molar-refractivity contribution in [3.05, 3.63) is 29.8 Å². The molecule has 186 valence electrons. The molecule has 0 bridgehead atoms. The number of aliphatic carboxylic acids is 1. The summed E-state index contributed by atoms with van der Waals surface area (Å²) < 4.78 is 0. The van der Waals surface area contributed by atoms with Gasteiger partial charge in [0.2, 0.25) is 29.5 Å². The standard InChI is InChI=1S/C20H28N6O8/c21-9-17(30)24-13(7-10-1-3-11(27)4-2-10)18(31)26-14(8-16(23)29)19(32)25-12(20(33)34)5-6-15(22)28/h1-4,12-14,27H,5-9,21H2,(H2,22,28)(H2,23,29)(H,24,30)(H,25,32)(H,26,31)(H,33,34). The fourth-order valence-electron chi connectivity index (χ4n) is 2.83. The summed E-state index contributed by atoms with van der Waals surface area (Å²) in [6.45, 7) is -0.426. The second-order valence-electron chi connectivity index (χ2n) is 7.33. The Morgan fingerprint density at radius 1 is 0.824 bits per heavy atom. The van der Waals surface area contributed by atoms with Crippen LogP contribution in [0.2, 0.25) is 0 Å². The average molecular weight is 480 g/mol. The van der Waals surface area contributed by atoms with Crippen molar-refractivity contribution >= 4 is 35.5 Å². The molecule has 0 aliphatic heterocycles. The zero-order valence-electron chi connectivity index (χ0n) is 18.2. The lowest BCUT2D eigenvalue weighted by molar-refractivity contribution is -0.142. The lowest BCUT2D eigenvalue weighted by Crippen LogP contribution is -2.57. The van der Waals surface area contributed by atoms with E-state index in [1.807, 2.05) is 0 Å². The summed E-state index contributed by atoms with van der Waals surface area (Å²) in [5, 5.41) is 25.5.